The van der Waals surface area contributed by atoms with Crippen molar-refractivity contribution >= 4 is 5.69 Å². The maximum atomic E-state index is 5.66. The lowest BCUT2D eigenvalue weighted by Crippen LogP contribution is -3.13. The molecule has 3 rings (SSSR count). The van der Waals surface area contributed by atoms with Crippen LogP contribution in [0.5, 0.6) is 17.2 Å². The SMILES string of the molecule is COc1ccc(N2CC[NH+](Cc3ccc(OC)c(C)c3OC)CC2)cc1. The normalized spacial score (nSPS) is 15.0. The molecule has 0 aromatic heterocycles. The fraction of sp³-hybridized carbons (Fsp3) is 0.429. The smallest absolute Gasteiger partial charge is 0.134 e. The molecule has 0 saturated carbocycles. The lowest BCUT2D eigenvalue weighted by Gasteiger charge is -2.34. The summed E-state index contributed by atoms with van der Waals surface area (Å²) in [4.78, 5) is 4.03. The zero-order chi connectivity index (χ0) is 18.5. The van der Waals surface area contributed by atoms with Crippen LogP contribution in [-0.4, -0.2) is 47.5 Å². The molecule has 1 aliphatic heterocycles. The minimum atomic E-state index is 0.880. The minimum absolute atomic E-state index is 0.880. The highest BCUT2D eigenvalue weighted by molar-refractivity contribution is 5.50. The van der Waals surface area contributed by atoms with E-state index in [2.05, 4.69) is 30.0 Å². The van der Waals surface area contributed by atoms with Gasteiger partial charge in [0.25, 0.3) is 0 Å². The second kappa shape index (κ2) is 8.32. The van der Waals surface area contributed by atoms with Gasteiger partial charge < -0.3 is 24.0 Å². The zero-order valence-corrected chi connectivity index (χ0v) is 16.2. The molecule has 2 aromatic carbocycles. The van der Waals surface area contributed by atoms with Gasteiger partial charge in [-0.2, -0.15) is 0 Å². The standard InChI is InChI=1S/C21H28N2O3/c1-16-20(25-3)10-5-17(21(16)26-4)15-22-11-13-23(14-12-22)18-6-8-19(24-2)9-7-18/h5-10H,11-15H2,1-4H3/p+1. The van der Waals surface area contributed by atoms with Crippen molar-refractivity contribution in [3.8, 4) is 17.2 Å². The van der Waals surface area contributed by atoms with Gasteiger partial charge in [-0.05, 0) is 43.3 Å². The van der Waals surface area contributed by atoms with Crippen LogP contribution in [0.2, 0.25) is 0 Å². The lowest BCUT2D eigenvalue weighted by molar-refractivity contribution is -0.914. The molecular weight excluding hydrogens is 328 g/mol. The predicted octanol–water partition coefficient (Wildman–Crippen LogP) is 1.93. The van der Waals surface area contributed by atoms with Crippen LogP contribution in [-0.2, 0) is 6.54 Å². The Labute approximate surface area is 156 Å². The third-order valence-electron chi connectivity index (χ3n) is 5.21. The summed E-state index contributed by atoms with van der Waals surface area (Å²) in [7, 11) is 5.14. The summed E-state index contributed by atoms with van der Waals surface area (Å²) in [6, 6.07) is 12.5. The first-order valence-corrected chi connectivity index (χ1v) is 9.09. The van der Waals surface area contributed by atoms with E-state index in [1.807, 2.05) is 18.2 Å². The first-order chi connectivity index (χ1) is 12.7. The van der Waals surface area contributed by atoms with E-state index >= 15 is 0 Å². The third kappa shape index (κ3) is 3.88. The number of benzene rings is 2. The molecule has 0 radical (unpaired) electrons. The van der Waals surface area contributed by atoms with Crippen molar-refractivity contribution in [2.24, 2.45) is 0 Å². The second-order valence-corrected chi connectivity index (χ2v) is 6.70. The number of hydrogen-bond donors (Lipinski definition) is 1. The van der Waals surface area contributed by atoms with Crippen molar-refractivity contribution in [1.29, 1.82) is 0 Å². The Kier molecular flexibility index (Phi) is 5.89. The summed E-state index contributed by atoms with van der Waals surface area (Å²) in [5.74, 6) is 2.74. The van der Waals surface area contributed by atoms with Gasteiger partial charge in [0.1, 0.15) is 23.8 Å². The van der Waals surface area contributed by atoms with Crippen molar-refractivity contribution in [2.75, 3.05) is 52.4 Å². The molecule has 0 bridgehead atoms. The summed E-state index contributed by atoms with van der Waals surface area (Å²) in [6.45, 7) is 7.36. The number of anilines is 1. The summed E-state index contributed by atoms with van der Waals surface area (Å²) in [6.07, 6.45) is 0. The molecule has 26 heavy (non-hydrogen) atoms. The number of ether oxygens (including phenoxy) is 3. The van der Waals surface area contributed by atoms with Gasteiger partial charge in [-0.3, -0.25) is 0 Å². The number of nitrogens with one attached hydrogen (secondary N) is 1. The Bertz CT molecular complexity index is 723. The predicted molar refractivity (Wildman–Crippen MR) is 104 cm³/mol. The zero-order valence-electron chi connectivity index (χ0n) is 16.2. The van der Waals surface area contributed by atoms with Crippen LogP contribution < -0.4 is 24.0 Å². The first kappa shape index (κ1) is 18.4. The molecule has 0 aliphatic carbocycles. The molecular formula is C21H29N2O3+. The quantitative estimate of drug-likeness (QED) is 0.857. The van der Waals surface area contributed by atoms with Gasteiger partial charge in [0, 0.05) is 16.8 Å². The molecule has 0 spiro atoms. The van der Waals surface area contributed by atoms with Crippen LogP contribution in [0.1, 0.15) is 11.1 Å². The average molecular weight is 357 g/mol. The molecule has 0 atom stereocenters. The number of methoxy groups -OCH3 is 3. The highest BCUT2D eigenvalue weighted by atomic mass is 16.5. The largest absolute Gasteiger partial charge is 0.497 e. The fourth-order valence-electron chi connectivity index (χ4n) is 3.69. The Morgan fingerprint density at radius 1 is 0.885 bits per heavy atom. The van der Waals surface area contributed by atoms with E-state index in [9.17, 15) is 0 Å². The van der Waals surface area contributed by atoms with Crippen LogP contribution in [0.15, 0.2) is 36.4 Å². The van der Waals surface area contributed by atoms with Gasteiger partial charge in [0.2, 0.25) is 0 Å². The summed E-state index contributed by atoms with van der Waals surface area (Å²) in [5.41, 5.74) is 3.59. The molecule has 5 heteroatoms. The maximum Gasteiger partial charge on any atom is 0.134 e. The highest BCUT2D eigenvalue weighted by Crippen LogP contribution is 2.30. The molecule has 0 amide bonds. The van der Waals surface area contributed by atoms with E-state index in [-0.39, 0.29) is 0 Å². The van der Waals surface area contributed by atoms with Gasteiger partial charge in [-0.15, -0.1) is 0 Å². The molecule has 2 aromatic rings. The second-order valence-electron chi connectivity index (χ2n) is 6.70. The van der Waals surface area contributed by atoms with E-state index < -0.39 is 0 Å². The summed E-state index contributed by atoms with van der Waals surface area (Å²) < 4.78 is 16.3. The van der Waals surface area contributed by atoms with Gasteiger partial charge in [0.15, 0.2) is 0 Å². The van der Waals surface area contributed by atoms with E-state index in [4.69, 9.17) is 14.2 Å². The van der Waals surface area contributed by atoms with Crippen LogP contribution in [0, 0.1) is 6.92 Å². The van der Waals surface area contributed by atoms with Crippen molar-refractivity contribution in [3.63, 3.8) is 0 Å². The molecule has 1 heterocycles. The van der Waals surface area contributed by atoms with Gasteiger partial charge >= 0.3 is 0 Å². The number of hydrogen-bond acceptors (Lipinski definition) is 4. The number of nitrogens with zero attached hydrogens (tertiary/aromatic N) is 1. The Morgan fingerprint density at radius 3 is 2.15 bits per heavy atom. The van der Waals surface area contributed by atoms with E-state index in [0.717, 1.165) is 55.5 Å². The number of rotatable bonds is 6. The van der Waals surface area contributed by atoms with Crippen LogP contribution in [0.4, 0.5) is 5.69 Å². The third-order valence-corrected chi connectivity index (χ3v) is 5.21. The van der Waals surface area contributed by atoms with Crippen LogP contribution in [0.3, 0.4) is 0 Å². The monoisotopic (exact) mass is 357 g/mol. The van der Waals surface area contributed by atoms with Crippen LogP contribution in [0.25, 0.3) is 0 Å². The number of quaternary nitrogens is 1. The van der Waals surface area contributed by atoms with E-state index in [1.54, 1.807) is 26.2 Å². The van der Waals surface area contributed by atoms with Gasteiger partial charge in [-0.1, -0.05) is 0 Å². The fourth-order valence-corrected chi connectivity index (χ4v) is 3.69. The van der Waals surface area contributed by atoms with Crippen LogP contribution >= 0.6 is 0 Å². The molecule has 1 aliphatic rings. The van der Waals surface area contributed by atoms with Gasteiger partial charge in [-0.25, -0.2) is 0 Å². The molecule has 1 saturated heterocycles. The van der Waals surface area contributed by atoms with E-state index in [0.29, 0.717) is 0 Å². The minimum Gasteiger partial charge on any atom is -0.497 e. The molecule has 0 unspecified atom stereocenters. The molecule has 1 N–H and O–H groups in total. The Morgan fingerprint density at radius 2 is 1.58 bits per heavy atom. The topological polar surface area (TPSA) is 35.4 Å². The number of piperazine rings is 1. The van der Waals surface area contributed by atoms with Gasteiger partial charge in [0.05, 0.1) is 47.5 Å². The lowest BCUT2D eigenvalue weighted by atomic mass is 10.1. The average Bonchev–Trinajstić information content (AvgIpc) is 2.69. The first-order valence-electron chi connectivity index (χ1n) is 9.09. The Hall–Kier alpha value is -2.40. The molecule has 140 valence electrons. The van der Waals surface area contributed by atoms with Crippen molar-refractivity contribution < 1.29 is 19.1 Å². The van der Waals surface area contributed by atoms with E-state index in [1.165, 1.54) is 11.3 Å². The van der Waals surface area contributed by atoms with Crippen molar-refractivity contribution in [1.82, 2.24) is 0 Å². The Balaban J connectivity index is 1.63. The molecule has 5 nitrogen and oxygen atoms in total. The summed E-state index contributed by atoms with van der Waals surface area (Å²) >= 11 is 0. The summed E-state index contributed by atoms with van der Waals surface area (Å²) in [5, 5.41) is 0. The maximum absolute atomic E-state index is 5.66. The molecule has 1 fully saturated rings. The van der Waals surface area contributed by atoms with Crippen molar-refractivity contribution in [3.05, 3.63) is 47.5 Å². The van der Waals surface area contributed by atoms with Crippen molar-refractivity contribution in [2.45, 2.75) is 13.5 Å². The highest BCUT2D eigenvalue weighted by Gasteiger charge is 2.22.